The second-order valence-electron chi connectivity index (χ2n) is 7.06. The van der Waals surface area contributed by atoms with Crippen molar-refractivity contribution in [2.75, 3.05) is 19.7 Å². The molecule has 0 aliphatic carbocycles. The Kier molecular flexibility index (Phi) is 4.53. The Morgan fingerprint density at radius 3 is 2.67 bits per heavy atom. The zero-order chi connectivity index (χ0) is 19.1. The van der Waals surface area contributed by atoms with Crippen LogP contribution < -0.4 is 0 Å². The van der Waals surface area contributed by atoms with Crippen molar-refractivity contribution in [2.45, 2.75) is 23.2 Å². The number of aliphatic hydroxyl groups excluding tert-OH is 1. The minimum Gasteiger partial charge on any atom is -0.395 e. The number of nitrogens with zero attached hydrogens (tertiary/aromatic N) is 1. The first-order chi connectivity index (χ1) is 13.0. The van der Waals surface area contributed by atoms with E-state index in [9.17, 15) is 17.9 Å². The zero-order valence-electron chi connectivity index (χ0n) is 14.7. The second kappa shape index (κ2) is 6.74. The summed E-state index contributed by atoms with van der Waals surface area (Å²) < 4.78 is 42.3. The van der Waals surface area contributed by atoms with Gasteiger partial charge in [-0.3, -0.25) is 0 Å². The smallest absolute Gasteiger partial charge is 0.245 e. The first-order valence-corrected chi connectivity index (χ1v) is 10.3. The lowest BCUT2D eigenvalue weighted by Gasteiger charge is -2.41. The van der Waals surface area contributed by atoms with E-state index in [2.05, 4.69) is 4.98 Å². The number of hydrogen-bond acceptors (Lipinski definition) is 3. The van der Waals surface area contributed by atoms with Crippen LogP contribution in [0.25, 0.3) is 10.9 Å². The quantitative estimate of drug-likeness (QED) is 0.722. The molecule has 0 radical (unpaired) electrons. The number of sulfonamides is 1. The maximum Gasteiger partial charge on any atom is 0.245 e. The fourth-order valence-corrected chi connectivity index (χ4v) is 5.73. The molecule has 142 valence electrons. The maximum atomic E-state index is 14.3. The van der Waals surface area contributed by atoms with Gasteiger partial charge >= 0.3 is 0 Å². The van der Waals surface area contributed by atoms with E-state index < -0.39 is 21.3 Å². The molecule has 1 unspecified atom stereocenters. The number of halogens is 1. The van der Waals surface area contributed by atoms with Gasteiger partial charge in [0.25, 0.3) is 0 Å². The van der Waals surface area contributed by atoms with E-state index in [1.165, 1.54) is 22.6 Å². The normalized spacial score (nSPS) is 21.6. The number of aromatic nitrogens is 1. The van der Waals surface area contributed by atoms with Crippen molar-refractivity contribution in [2.24, 2.45) is 0 Å². The van der Waals surface area contributed by atoms with Crippen molar-refractivity contribution < 1.29 is 17.9 Å². The predicted octanol–water partition coefficient (Wildman–Crippen LogP) is 3.02. The Morgan fingerprint density at radius 2 is 1.93 bits per heavy atom. The summed E-state index contributed by atoms with van der Waals surface area (Å²) in [6.45, 7) is 0.361. The molecule has 3 aromatic rings. The third-order valence-corrected chi connectivity index (χ3v) is 7.34. The van der Waals surface area contributed by atoms with E-state index in [4.69, 9.17) is 0 Å². The van der Waals surface area contributed by atoms with E-state index in [-0.39, 0.29) is 23.4 Å². The lowest BCUT2D eigenvalue weighted by Crippen LogP contribution is -2.50. The van der Waals surface area contributed by atoms with Crippen LogP contribution in [0.15, 0.2) is 59.6 Å². The molecule has 0 spiro atoms. The SMILES string of the molecule is O=S(=O)(c1c[nH]c2cccc(F)c12)N1CCCC(CO)(c2ccccc2)C1. The van der Waals surface area contributed by atoms with Crippen molar-refractivity contribution in [1.82, 2.24) is 9.29 Å². The van der Waals surface area contributed by atoms with E-state index in [0.717, 1.165) is 5.56 Å². The van der Waals surface area contributed by atoms with Crippen LogP contribution in [0.5, 0.6) is 0 Å². The third-order valence-electron chi connectivity index (χ3n) is 5.47. The van der Waals surface area contributed by atoms with Crippen molar-refractivity contribution >= 4 is 20.9 Å². The highest BCUT2D eigenvalue weighted by atomic mass is 32.2. The van der Waals surface area contributed by atoms with E-state index in [1.54, 1.807) is 6.07 Å². The van der Waals surface area contributed by atoms with Crippen LogP contribution >= 0.6 is 0 Å². The minimum absolute atomic E-state index is 0.0580. The summed E-state index contributed by atoms with van der Waals surface area (Å²) in [5, 5.41) is 10.2. The molecule has 4 rings (SSSR count). The van der Waals surface area contributed by atoms with Crippen molar-refractivity contribution in [3.05, 3.63) is 66.1 Å². The topological polar surface area (TPSA) is 73.4 Å². The number of piperidine rings is 1. The van der Waals surface area contributed by atoms with Gasteiger partial charge in [-0.15, -0.1) is 0 Å². The number of H-pyrrole nitrogens is 1. The maximum absolute atomic E-state index is 14.3. The molecule has 2 aromatic carbocycles. The molecule has 2 heterocycles. The lowest BCUT2D eigenvalue weighted by atomic mass is 9.75. The molecular formula is C20H21FN2O3S. The molecule has 1 aromatic heterocycles. The van der Waals surface area contributed by atoms with Crippen LogP contribution in [0.3, 0.4) is 0 Å². The molecule has 1 atom stereocenters. The summed E-state index contributed by atoms with van der Waals surface area (Å²) in [5.41, 5.74) is 0.705. The van der Waals surface area contributed by atoms with Crippen LogP contribution in [-0.2, 0) is 15.4 Å². The highest BCUT2D eigenvalue weighted by molar-refractivity contribution is 7.89. The van der Waals surface area contributed by atoms with Gasteiger partial charge in [0.15, 0.2) is 0 Å². The molecule has 1 fully saturated rings. The molecule has 1 saturated heterocycles. The number of fused-ring (bicyclic) bond motifs is 1. The number of rotatable bonds is 4. The first-order valence-electron chi connectivity index (χ1n) is 8.90. The summed E-state index contributed by atoms with van der Waals surface area (Å²) in [6, 6.07) is 13.9. The highest BCUT2D eigenvalue weighted by Gasteiger charge is 2.41. The van der Waals surface area contributed by atoms with Gasteiger partial charge in [-0.05, 0) is 30.5 Å². The van der Waals surface area contributed by atoms with Gasteiger partial charge in [-0.1, -0.05) is 36.4 Å². The number of benzene rings is 2. The van der Waals surface area contributed by atoms with E-state index in [0.29, 0.717) is 24.9 Å². The lowest BCUT2D eigenvalue weighted by molar-refractivity contribution is 0.129. The Labute approximate surface area is 157 Å². The molecule has 7 heteroatoms. The molecule has 0 bridgehead atoms. The number of aromatic amines is 1. The van der Waals surface area contributed by atoms with Crippen LogP contribution in [0.2, 0.25) is 0 Å². The molecule has 0 saturated carbocycles. The predicted molar refractivity (Wildman–Crippen MR) is 101 cm³/mol. The number of aliphatic hydroxyl groups is 1. The largest absolute Gasteiger partial charge is 0.395 e. The summed E-state index contributed by atoms with van der Waals surface area (Å²) in [7, 11) is -3.91. The molecular weight excluding hydrogens is 367 g/mol. The average Bonchev–Trinajstić information content (AvgIpc) is 3.15. The Bertz CT molecular complexity index is 1070. The fourth-order valence-electron chi connectivity index (χ4n) is 4.00. The first kappa shape index (κ1) is 18.2. The van der Waals surface area contributed by atoms with Crippen molar-refractivity contribution in [1.29, 1.82) is 0 Å². The van der Waals surface area contributed by atoms with Crippen LogP contribution in [-0.4, -0.2) is 42.5 Å². The molecule has 2 N–H and O–H groups in total. The fraction of sp³-hybridized carbons (Fsp3) is 0.300. The minimum atomic E-state index is -3.91. The van der Waals surface area contributed by atoms with Crippen molar-refractivity contribution in [3.8, 4) is 0 Å². The number of nitrogens with one attached hydrogen (secondary N) is 1. The Hall–Kier alpha value is -2.22. The molecule has 5 nitrogen and oxygen atoms in total. The van der Waals surface area contributed by atoms with Crippen molar-refractivity contribution in [3.63, 3.8) is 0 Å². The zero-order valence-corrected chi connectivity index (χ0v) is 15.5. The van der Waals surface area contributed by atoms with Crippen LogP contribution in [0.1, 0.15) is 18.4 Å². The molecule has 27 heavy (non-hydrogen) atoms. The van der Waals surface area contributed by atoms with Gasteiger partial charge in [0.05, 0.1) is 12.0 Å². The monoisotopic (exact) mass is 388 g/mol. The third kappa shape index (κ3) is 2.96. The van der Waals surface area contributed by atoms with Gasteiger partial charge in [0, 0.05) is 30.2 Å². The molecule has 1 aliphatic heterocycles. The second-order valence-corrected chi connectivity index (χ2v) is 8.97. The highest BCUT2D eigenvalue weighted by Crippen LogP contribution is 2.37. The van der Waals surface area contributed by atoms with Gasteiger partial charge in [-0.25, -0.2) is 12.8 Å². The van der Waals surface area contributed by atoms with Crippen LogP contribution in [0, 0.1) is 5.82 Å². The summed E-state index contributed by atoms with van der Waals surface area (Å²) in [6.07, 6.45) is 2.67. The van der Waals surface area contributed by atoms with Gasteiger partial charge < -0.3 is 10.1 Å². The van der Waals surface area contributed by atoms with E-state index >= 15 is 0 Å². The average molecular weight is 388 g/mol. The van der Waals surface area contributed by atoms with Gasteiger partial charge in [-0.2, -0.15) is 4.31 Å². The molecule has 1 aliphatic rings. The summed E-state index contributed by atoms with van der Waals surface area (Å²) in [5.74, 6) is -0.569. The summed E-state index contributed by atoms with van der Waals surface area (Å²) >= 11 is 0. The van der Waals surface area contributed by atoms with Gasteiger partial charge in [0.1, 0.15) is 10.7 Å². The Morgan fingerprint density at radius 1 is 1.15 bits per heavy atom. The van der Waals surface area contributed by atoms with Gasteiger partial charge in [0.2, 0.25) is 10.0 Å². The van der Waals surface area contributed by atoms with E-state index in [1.807, 2.05) is 30.3 Å². The standard InChI is InChI=1S/C20H21FN2O3S/c21-16-8-4-9-17-19(16)18(12-22-17)27(25,26)23-11-5-10-20(13-23,14-24)15-6-2-1-3-7-15/h1-4,6-9,12,22,24H,5,10-11,13-14H2. The number of hydrogen-bond donors (Lipinski definition) is 2. The van der Waals surface area contributed by atoms with Crippen LogP contribution in [0.4, 0.5) is 4.39 Å². The Balaban J connectivity index is 1.76. The summed E-state index contributed by atoms with van der Waals surface area (Å²) in [4.78, 5) is 2.79. The molecule has 0 amide bonds.